The van der Waals surface area contributed by atoms with Gasteiger partial charge < -0.3 is 10.2 Å². The Morgan fingerprint density at radius 2 is 1.72 bits per heavy atom. The van der Waals surface area contributed by atoms with Crippen molar-refractivity contribution < 1.29 is 19.4 Å². The first-order valence-corrected chi connectivity index (χ1v) is 10.3. The van der Waals surface area contributed by atoms with Crippen LogP contribution in [0.15, 0.2) is 0 Å². The number of aliphatic hydroxyl groups is 2. The van der Waals surface area contributed by atoms with Crippen molar-refractivity contribution >= 4 is 5.78 Å². The highest BCUT2D eigenvalue weighted by molar-refractivity contribution is 5.83. The van der Waals surface area contributed by atoms with Gasteiger partial charge in [0, 0.05) is 5.92 Å². The number of carbonyl (C=O) groups excluding carboxylic acids is 1. The van der Waals surface area contributed by atoms with Crippen LogP contribution in [-0.2, 0) is 4.79 Å². The topological polar surface area (TPSA) is 57.5 Å². The molecule has 0 aromatic rings. The summed E-state index contributed by atoms with van der Waals surface area (Å²) in [6.45, 7) is 3.73. The van der Waals surface area contributed by atoms with E-state index in [2.05, 4.69) is 6.92 Å². The van der Waals surface area contributed by atoms with Crippen LogP contribution < -0.4 is 0 Å². The molecule has 4 saturated carbocycles. The van der Waals surface area contributed by atoms with E-state index in [1.165, 1.54) is 0 Å². The maximum Gasteiger partial charge on any atom is 0.161 e. The van der Waals surface area contributed by atoms with E-state index < -0.39 is 11.8 Å². The number of aliphatic hydroxyl groups excluding tert-OH is 1. The number of Topliss-reactive ketones (excluding diaryl/α,β-unsaturated/α-hetero) is 1. The Morgan fingerprint density at radius 3 is 2.44 bits per heavy atom. The summed E-state index contributed by atoms with van der Waals surface area (Å²) >= 11 is 0. The third kappa shape index (κ3) is 2.70. The molecule has 4 fully saturated rings. The SMILES string of the molecule is C[C@@]1(O)CC[C@@H]2[C@H]3CC[C@]4(C)[C@@H](C(=O)CO)CC[C@H]4[C@@H]3C[C@@H](F)[C@H]2C1. The third-order valence-corrected chi connectivity index (χ3v) is 8.79. The second kappa shape index (κ2) is 6.02. The molecule has 0 spiro atoms. The summed E-state index contributed by atoms with van der Waals surface area (Å²) in [6, 6.07) is 0. The summed E-state index contributed by atoms with van der Waals surface area (Å²) in [5.74, 6) is 1.75. The van der Waals surface area contributed by atoms with Crippen molar-refractivity contribution in [3.63, 3.8) is 0 Å². The third-order valence-electron chi connectivity index (χ3n) is 8.79. The Balaban J connectivity index is 1.58. The molecule has 0 aliphatic heterocycles. The molecule has 0 aromatic carbocycles. The van der Waals surface area contributed by atoms with E-state index in [0.717, 1.165) is 38.5 Å². The number of hydrogen-bond acceptors (Lipinski definition) is 3. The fraction of sp³-hybridized carbons (Fsp3) is 0.952. The minimum atomic E-state index is -0.812. The van der Waals surface area contributed by atoms with Crippen LogP contribution in [0.4, 0.5) is 4.39 Å². The molecule has 0 heterocycles. The summed E-state index contributed by atoms with van der Waals surface area (Å²) < 4.78 is 15.1. The lowest BCUT2D eigenvalue weighted by Crippen LogP contribution is -2.54. The molecule has 0 unspecified atom stereocenters. The van der Waals surface area contributed by atoms with Crippen molar-refractivity contribution in [3.05, 3.63) is 0 Å². The molecule has 142 valence electrons. The number of hydrogen-bond donors (Lipinski definition) is 2. The van der Waals surface area contributed by atoms with E-state index in [1.807, 2.05) is 6.92 Å². The highest BCUT2D eigenvalue weighted by Gasteiger charge is 2.60. The lowest BCUT2D eigenvalue weighted by molar-refractivity contribution is -0.140. The average Bonchev–Trinajstić information content (AvgIpc) is 2.91. The summed E-state index contributed by atoms with van der Waals surface area (Å²) in [5, 5.41) is 19.8. The monoisotopic (exact) mass is 352 g/mol. The second-order valence-corrected chi connectivity index (χ2v) is 10.1. The maximum atomic E-state index is 15.1. The lowest BCUT2D eigenvalue weighted by atomic mass is 9.48. The summed E-state index contributed by atoms with van der Waals surface area (Å²) in [4.78, 5) is 12.2. The van der Waals surface area contributed by atoms with Gasteiger partial charge in [0.2, 0.25) is 0 Å². The molecule has 0 amide bonds. The molecule has 4 heteroatoms. The Kier molecular flexibility index (Phi) is 4.31. The predicted octanol–water partition coefficient (Wildman–Crippen LogP) is 3.52. The normalized spacial score (nSPS) is 55.2. The molecule has 0 aromatic heterocycles. The Bertz CT molecular complexity index is 547. The van der Waals surface area contributed by atoms with Crippen LogP contribution in [0, 0.1) is 40.9 Å². The number of carbonyl (C=O) groups is 1. The van der Waals surface area contributed by atoms with Crippen molar-refractivity contribution in [1.82, 2.24) is 0 Å². The average molecular weight is 352 g/mol. The van der Waals surface area contributed by atoms with Gasteiger partial charge in [-0.25, -0.2) is 4.39 Å². The van der Waals surface area contributed by atoms with Gasteiger partial charge in [0.25, 0.3) is 0 Å². The van der Waals surface area contributed by atoms with Gasteiger partial charge in [0.05, 0.1) is 5.60 Å². The minimum absolute atomic E-state index is 0.0114. The van der Waals surface area contributed by atoms with Crippen molar-refractivity contribution in [2.75, 3.05) is 6.61 Å². The molecule has 4 aliphatic carbocycles. The number of ketones is 1. The standard InChI is InChI=1S/C21H33FO3/c1-20(25)7-5-13-12-6-8-21(2)16(3-4-17(21)19(24)11-23)14(12)9-18(22)15(13)10-20/h12-18,23,25H,3-11H2,1-2H3/t12-,13-,14-,15+,16+,17-,18-,20-,21+/m1/s1. The van der Waals surface area contributed by atoms with Crippen LogP contribution in [-0.4, -0.2) is 34.4 Å². The van der Waals surface area contributed by atoms with Gasteiger partial charge in [0.15, 0.2) is 5.78 Å². The largest absolute Gasteiger partial charge is 0.390 e. The zero-order valence-electron chi connectivity index (χ0n) is 15.6. The van der Waals surface area contributed by atoms with Crippen LogP contribution in [0.25, 0.3) is 0 Å². The van der Waals surface area contributed by atoms with Crippen molar-refractivity contribution in [1.29, 1.82) is 0 Å². The fourth-order valence-electron chi connectivity index (χ4n) is 7.64. The van der Waals surface area contributed by atoms with Gasteiger partial charge >= 0.3 is 0 Å². The summed E-state index contributed by atoms with van der Waals surface area (Å²) in [6.07, 6.45) is 6.14. The van der Waals surface area contributed by atoms with E-state index in [0.29, 0.717) is 36.5 Å². The first-order valence-electron chi connectivity index (χ1n) is 10.3. The zero-order valence-corrected chi connectivity index (χ0v) is 15.6. The molecular formula is C21H33FO3. The maximum absolute atomic E-state index is 15.1. The van der Waals surface area contributed by atoms with Gasteiger partial charge in [-0.3, -0.25) is 4.79 Å². The number of fused-ring (bicyclic) bond motifs is 5. The van der Waals surface area contributed by atoms with Crippen LogP contribution in [0.3, 0.4) is 0 Å². The highest BCUT2D eigenvalue weighted by atomic mass is 19.1. The van der Waals surface area contributed by atoms with Crippen molar-refractivity contribution in [3.8, 4) is 0 Å². The van der Waals surface area contributed by atoms with Gasteiger partial charge in [-0.1, -0.05) is 6.92 Å². The molecular weight excluding hydrogens is 319 g/mol. The van der Waals surface area contributed by atoms with Crippen LogP contribution in [0.1, 0.15) is 65.2 Å². The first-order chi connectivity index (χ1) is 11.8. The quantitative estimate of drug-likeness (QED) is 0.799. The van der Waals surface area contributed by atoms with Gasteiger partial charge in [-0.15, -0.1) is 0 Å². The number of alkyl halides is 1. The number of halogens is 1. The van der Waals surface area contributed by atoms with E-state index >= 15 is 4.39 Å². The number of rotatable bonds is 2. The predicted molar refractivity (Wildman–Crippen MR) is 93.6 cm³/mol. The van der Waals surface area contributed by atoms with Crippen LogP contribution in [0.5, 0.6) is 0 Å². The molecule has 0 saturated heterocycles. The van der Waals surface area contributed by atoms with Crippen LogP contribution in [0.2, 0.25) is 0 Å². The summed E-state index contributed by atoms with van der Waals surface area (Å²) in [5.41, 5.74) is -0.749. The molecule has 25 heavy (non-hydrogen) atoms. The lowest BCUT2D eigenvalue weighted by Gasteiger charge is -2.57. The second-order valence-electron chi connectivity index (χ2n) is 10.1. The smallest absolute Gasteiger partial charge is 0.161 e. The Labute approximate surface area is 150 Å². The van der Waals surface area contributed by atoms with Crippen molar-refractivity contribution in [2.45, 2.75) is 77.0 Å². The molecule has 2 N–H and O–H groups in total. The van der Waals surface area contributed by atoms with Gasteiger partial charge in [-0.2, -0.15) is 0 Å². The molecule has 4 aliphatic rings. The Morgan fingerprint density at radius 1 is 1.04 bits per heavy atom. The van der Waals surface area contributed by atoms with Crippen molar-refractivity contribution in [2.24, 2.45) is 40.9 Å². The van der Waals surface area contributed by atoms with E-state index in [1.54, 1.807) is 0 Å². The fourth-order valence-corrected chi connectivity index (χ4v) is 7.64. The first kappa shape index (κ1) is 17.9. The molecule has 9 atom stereocenters. The van der Waals surface area contributed by atoms with Gasteiger partial charge in [0.1, 0.15) is 12.8 Å². The molecule has 3 nitrogen and oxygen atoms in total. The van der Waals surface area contributed by atoms with E-state index in [9.17, 15) is 15.0 Å². The zero-order chi connectivity index (χ0) is 18.0. The van der Waals surface area contributed by atoms with Gasteiger partial charge in [-0.05, 0) is 93.3 Å². The minimum Gasteiger partial charge on any atom is -0.390 e. The Hall–Kier alpha value is -0.480. The van der Waals surface area contributed by atoms with E-state index in [-0.39, 0.29) is 29.6 Å². The molecule has 0 bridgehead atoms. The highest BCUT2D eigenvalue weighted by Crippen LogP contribution is 2.65. The molecule has 4 rings (SSSR count). The molecule has 0 radical (unpaired) electrons. The van der Waals surface area contributed by atoms with E-state index in [4.69, 9.17) is 0 Å². The van der Waals surface area contributed by atoms with Crippen LogP contribution >= 0.6 is 0 Å². The summed E-state index contributed by atoms with van der Waals surface area (Å²) in [7, 11) is 0.